The van der Waals surface area contributed by atoms with Crippen molar-refractivity contribution in [3.05, 3.63) is 0 Å². The minimum absolute atomic E-state index is 0.222. The van der Waals surface area contributed by atoms with Crippen LogP contribution in [0.15, 0.2) is 0 Å². The molecule has 1 atom stereocenters. The Bertz CT molecular complexity index is 212. The van der Waals surface area contributed by atoms with Crippen molar-refractivity contribution in [1.82, 2.24) is 0 Å². The molecule has 0 aromatic carbocycles. The number of esters is 1. The number of hydrogen-bond acceptors (Lipinski definition) is 3. The highest BCUT2D eigenvalue weighted by molar-refractivity contribution is 5.69. The molecule has 0 spiro atoms. The zero-order valence-electron chi connectivity index (χ0n) is 8.88. The molecule has 3 nitrogen and oxygen atoms in total. The Morgan fingerprint density at radius 1 is 1.57 bits per heavy atom. The van der Waals surface area contributed by atoms with Crippen molar-refractivity contribution in [3.63, 3.8) is 0 Å². The zero-order valence-corrected chi connectivity index (χ0v) is 8.88. The normalized spacial score (nSPS) is 11.4. The van der Waals surface area contributed by atoms with E-state index in [4.69, 9.17) is 0 Å². The van der Waals surface area contributed by atoms with Crippen molar-refractivity contribution < 1.29 is 14.6 Å². The van der Waals surface area contributed by atoms with Crippen molar-refractivity contribution >= 4 is 5.97 Å². The van der Waals surface area contributed by atoms with E-state index in [1.165, 1.54) is 7.11 Å². The van der Waals surface area contributed by atoms with E-state index in [2.05, 4.69) is 23.5 Å². The molecule has 0 saturated heterocycles. The lowest BCUT2D eigenvalue weighted by molar-refractivity contribution is -0.141. The summed E-state index contributed by atoms with van der Waals surface area (Å²) in [6, 6.07) is 0. The lowest BCUT2D eigenvalue weighted by Crippen LogP contribution is -2.08. The third-order valence-electron chi connectivity index (χ3n) is 1.77. The van der Waals surface area contributed by atoms with Gasteiger partial charge in [0.25, 0.3) is 0 Å². The first-order valence-corrected chi connectivity index (χ1v) is 4.94. The molecule has 3 heteroatoms. The van der Waals surface area contributed by atoms with Crippen LogP contribution in [0.4, 0.5) is 0 Å². The van der Waals surface area contributed by atoms with Gasteiger partial charge in [0, 0.05) is 12.8 Å². The molecule has 0 fully saturated rings. The lowest BCUT2D eigenvalue weighted by atomic mass is 10.2. The third kappa shape index (κ3) is 7.63. The van der Waals surface area contributed by atoms with E-state index in [9.17, 15) is 9.90 Å². The standard InChI is InChI=1S/C11H18O3/c1-3-4-5-6-7-10(12)8-9-11(13)14-2/h10,12H,3-5,8-9H2,1-2H3/t10-/m0/s1. The second-order valence-corrected chi connectivity index (χ2v) is 3.06. The quantitative estimate of drug-likeness (QED) is 0.413. The van der Waals surface area contributed by atoms with Gasteiger partial charge in [-0.25, -0.2) is 0 Å². The number of aliphatic hydroxyl groups is 1. The number of carbonyl (C=O) groups is 1. The van der Waals surface area contributed by atoms with Crippen LogP contribution in [0.1, 0.15) is 39.0 Å². The van der Waals surface area contributed by atoms with Crippen molar-refractivity contribution in [2.45, 2.75) is 45.1 Å². The van der Waals surface area contributed by atoms with Gasteiger partial charge in [0.1, 0.15) is 6.10 Å². The first kappa shape index (κ1) is 13.0. The van der Waals surface area contributed by atoms with E-state index in [1.54, 1.807) is 0 Å². The Hall–Kier alpha value is -1.01. The Morgan fingerprint density at radius 2 is 2.29 bits per heavy atom. The summed E-state index contributed by atoms with van der Waals surface area (Å²) in [5.41, 5.74) is 0. The van der Waals surface area contributed by atoms with E-state index < -0.39 is 6.10 Å². The van der Waals surface area contributed by atoms with Gasteiger partial charge in [0.05, 0.1) is 7.11 Å². The van der Waals surface area contributed by atoms with Gasteiger partial charge in [0.15, 0.2) is 0 Å². The molecule has 0 aromatic heterocycles. The number of ether oxygens (including phenoxy) is 1. The molecule has 0 heterocycles. The van der Waals surface area contributed by atoms with Gasteiger partial charge in [-0.15, -0.1) is 5.92 Å². The number of carbonyl (C=O) groups excluding carboxylic acids is 1. The molecular weight excluding hydrogens is 180 g/mol. The Morgan fingerprint density at radius 3 is 2.86 bits per heavy atom. The second-order valence-electron chi connectivity index (χ2n) is 3.06. The van der Waals surface area contributed by atoms with Gasteiger partial charge in [0.2, 0.25) is 0 Å². The number of hydrogen-bond donors (Lipinski definition) is 1. The van der Waals surface area contributed by atoms with Crippen molar-refractivity contribution in [3.8, 4) is 11.8 Å². The fourth-order valence-electron chi connectivity index (χ4n) is 0.884. The molecule has 80 valence electrons. The summed E-state index contributed by atoms with van der Waals surface area (Å²) < 4.78 is 4.45. The van der Waals surface area contributed by atoms with Gasteiger partial charge in [-0.2, -0.15) is 0 Å². The van der Waals surface area contributed by atoms with Crippen LogP contribution < -0.4 is 0 Å². The van der Waals surface area contributed by atoms with Gasteiger partial charge in [-0.05, 0) is 12.8 Å². The average molecular weight is 198 g/mol. The topological polar surface area (TPSA) is 46.5 Å². The van der Waals surface area contributed by atoms with Gasteiger partial charge in [-0.1, -0.05) is 19.3 Å². The molecule has 0 bridgehead atoms. The molecule has 0 unspecified atom stereocenters. The van der Waals surface area contributed by atoms with Gasteiger partial charge in [-0.3, -0.25) is 4.79 Å². The Kier molecular flexibility index (Phi) is 7.96. The molecular formula is C11H18O3. The monoisotopic (exact) mass is 198 g/mol. The van der Waals surface area contributed by atoms with E-state index in [0.29, 0.717) is 6.42 Å². The SMILES string of the molecule is CCCCC#C[C@H](O)CCC(=O)OC. The highest BCUT2D eigenvalue weighted by Crippen LogP contribution is 1.98. The number of aliphatic hydroxyl groups excluding tert-OH is 1. The smallest absolute Gasteiger partial charge is 0.305 e. The van der Waals surface area contributed by atoms with Gasteiger partial charge >= 0.3 is 5.97 Å². The molecule has 0 aromatic rings. The summed E-state index contributed by atoms with van der Waals surface area (Å²) in [5, 5.41) is 9.31. The summed E-state index contributed by atoms with van der Waals surface area (Å²) in [4.78, 5) is 10.7. The highest BCUT2D eigenvalue weighted by atomic mass is 16.5. The van der Waals surface area contributed by atoms with Crippen LogP contribution in [-0.4, -0.2) is 24.3 Å². The highest BCUT2D eigenvalue weighted by Gasteiger charge is 2.04. The maximum atomic E-state index is 10.7. The van der Waals surface area contributed by atoms with Crippen LogP contribution in [0.3, 0.4) is 0 Å². The van der Waals surface area contributed by atoms with Gasteiger partial charge < -0.3 is 9.84 Å². The lowest BCUT2D eigenvalue weighted by Gasteiger charge is -2.01. The van der Waals surface area contributed by atoms with Crippen LogP contribution in [0, 0.1) is 11.8 Å². The molecule has 0 saturated carbocycles. The fraction of sp³-hybridized carbons (Fsp3) is 0.727. The molecule has 0 aliphatic carbocycles. The largest absolute Gasteiger partial charge is 0.469 e. The van der Waals surface area contributed by atoms with E-state index in [0.717, 1.165) is 19.3 Å². The maximum Gasteiger partial charge on any atom is 0.305 e. The van der Waals surface area contributed by atoms with Crippen molar-refractivity contribution in [2.75, 3.05) is 7.11 Å². The Balaban J connectivity index is 3.56. The molecule has 0 amide bonds. The first-order valence-electron chi connectivity index (χ1n) is 4.94. The maximum absolute atomic E-state index is 10.7. The predicted molar refractivity (Wildman–Crippen MR) is 54.6 cm³/mol. The molecule has 0 rings (SSSR count). The molecule has 0 radical (unpaired) electrons. The summed E-state index contributed by atoms with van der Waals surface area (Å²) >= 11 is 0. The van der Waals surface area contributed by atoms with E-state index in [-0.39, 0.29) is 12.4 Å². The fourth-order valence-corrected chi connectivity index (χ4v) is 0.884. The van der Waals surface area contributed by atoms with E-state index in [1.807, 2.05) is 0 Å². The Labute approximate surface area is 85.5 Å². The van der Waals surface area contributed by atoms with Crippen molar-refractivity contribution in [2.24, 2.45) is 0 Å². The summed E-state index contributed by atoms with van der Waals surface area (Å²) in [6.07, 6.45) is 2.84. The first-order chi connectivity index (χ1) is 6.70. The second kappa shape index (κ2) is 8.58. The van der Waals surface area contributed by atoms with Crippen LogP contribution in [0.25, 0.3) is 0 Å². The number of methoxy groups -OCH3 is 1. The summed E-state index contributed by atoms with van der Waals surface area (Å²) in [5.74, 6) is 5.26. The molecule has 1 N–H and O–H groups in total. The minimum atomic E-state index is -0.703. The summed E-state index contributed by atoms with van der Waals surface area (Å²) in [7, 11) is 1.33. The van der Waals surface area contributed by atoms with E-state index >= 15 is 0 Å². The summed E-state index contributed by atoms with van der Waals surface area (Å²) in [6.45, 7) is 2.09. The molecule has 0 aliphatic heterocycles. The third-order valence-corrected chi connectivity index (χ3v) is 1.77. The predicted octanol–water partition coefficient (Wildman–Crippen LogP) is 1.49. The molecule has 0 aliphatic rings. The number of rotatable bonds is 5. The number of unbranched alkanes of at least 4 members (excludes halogenated alkanes) is 2. The average Bonchev–Trinajstić information content (AvgIpc) is 2.21. The zero-order chi connectivity index (χ0) is 10.8. The van der Waals surface area contributed by atoms with Crippen molar-refractivity contribution in [1.29, 1.82) is 0 Å². The minimum Gasteiger partial charge on any atom is -0.469 e. The van der Waals surface area contributed by atoms with Crippen LogP contribution in [0.5, 0.6) is 0 Å². The van der Waals surface area contributed by atoms with Crippen LogP contribution in [-0.2, 0) is 9.53 Å². The van der Waals surface area contributed by atoms with Crippen LogP contribution >= 0.6 is 0 Å². The van der Waals surface area contributed by atoms with Crippen LogP contribution in [0.2, 0.25) is 0 Å². The molecule has 14 heavy (non-hydrogen) atoms.